The van der Waals surface area contributed by atoms with Gasteiger partial charge < -0.3 is 10.1 Å². The quantitative estimate of drug-likeness (QED) is 0.377. The maximum atomic E-state index is 12.6. The maximum absolute atomic E-state index is 12.6. The number of hydroxylamine groups is 1. The fourth-order valence-corrected chi connectivity index (χ4v) is 3.72. The first kappa shape index (κ1) is 22.8. The van der Waals surface area contributed by atoms with Crippen LogP contribution in [0.5, 0.6) is 5.75 Å². The van der Waals surface area contributed by atoms with E-state index in [0.29, 0.717) is 17.9 Å². The molecule has 2 aromatic rings. The van der Waals surface area contributed by atoms with Gasteiger partial charge >= 0.3 is 0 Å². The van der Waals surface area contributed by atoms with Crippen LogP contribution in [0, 0.1) is 6.92 Å². The van der Waals surface area contributed by atoms with Crippen molar-refractivity contribution in [2.45, 2.75) is 51.7 Å². The lowest BCUT2D eigenvalue weighted by Crippen LogP contribution is -2.53. The molecule has 0 bridgehead atoms. The van der Waals surface area contributed by atoms with E-state index in [9.17, 15) is 9.59 Å². The van der Waals surface area contributed by atoms with Crippen LogP contribution in [-0.2, 0) is 11.4 Å². The van der Waals surface area contributed by atoms with Crippen molar-refractivity contribution in [2.24, 2.45) is 0 Å². The Morgan fingerprint density at radius 2 is 1.84 bits per heavy atom. The Labute approximate surface area is 182 Å². The largest absolute Gasteiger partial charge is 0.489 e. The minimum Gasteiger partial charge on any atom is -0.489 e. The Morgan fingerprint density at radius 3 is 2.45 bits per heavy atom. The normalized spacial score (nSPS) is 16.1. The Bertz CT molecular complexity index is 844. The average Bonchev–Trinajstić information content (AvgIpc) is 3.18. The highest BCUT2D eigenvalue weighted by molar-refractivity contribution is 5.94. The summed E-state index contributed by atoms with van der Waals surface area (Å²) in [5, 5.41) is 18.8. The summed E-state index contributed by atoms with van der Waals surface area (Å²) < 4.78 is 5.73. The number of ether oxygens (including phenoxy) is 1. The van der Waals surface area contributed by atoms with E-state index in [-0.39, 0.29) is 12.5 Å². The van der Waals surface area contributed by atoms with Crippen LogP contribution in [-0.4, -0.2) is 57.8 Å². The molecule has 1 aromatic heterocycles. The monoisotopic (exact) mass is 429 g/mol. The molecule has 9 heteroatoms. The number of aryl methyl sites for hydroxylation is 1. The minimum atomic E-state index is -0.604. The Hall–Kier alpha value is -2.91. The number of aromatic amines is 1. The number of benzene rings is 1. The molecule has 1 saturated heterocycles. The molecule has 2 amide bonds. The van der Waals surface area contributed by atoms with Gasteiger partial charge in [-0.2, -0.15) is 5.10 Å². The fraction of sp³-hybridized carbons (Fsp3) is 0.500. The molecule has 1 aliphatic rings. The number of rotatable bonds is 8. The number of carbonyl (C=O) groups is 2. The van der Waals surface area contributed by atoms with Gasteiger partial charge in [0, 0.05) is 23.4 Å². The first-order chi connectivity index (χ1) is 15.1. The van der Waals surface area contributed by atoms with Gasteiger partial charge in [0.15, 0.2) is 0 Å². The second kappa shape index (κ2) is 11.5. The van der Waals surface area contributed by atoms with Gasteiger partial charge in [-0.25, -0.2) is 5.48 Å². The predicted octanol–water partition coefficient (Wildman–Crippen LogP) is 2.17. The van der Waals surface area contributed by atoms with E-state index >= 15 is 0 Å². The number of amides is 2. The Morgan fingerprint density at radius 1 is 1.16 bits per heavy atom. The molecule has 1 unspecified atom stereocenters. The smallest absolute Gasteiger partial charge is 0.262 e. The Kier molecular flexibility index (Phi) is 8.43. The number of hydrogen-bond acceptors (Lipinski definition) is 6. The molecular weight excluding hydrogens is 398 g/mol. The van der Waals surface area contributed by atoms with Crippen molar-refractivity contribution >= 4 is 11.8 Å². The van der Waals surface area contributed by atoms with E-state index in [4.69, 9.17) is 9.94 Å². The fourth-order valence-electron chi connectivity index (χ4n) is 3.72. The number of hydrogen-bond donors (Lipinski definition) is 4. The van der Waals surface area contributed by atoms with E-state index in [1.165, 1.54) is 6.42 Å². The van der Waals surface area contributed by atoms with Gasteiger partial charge in [0.25, 0.3) is 11.8 Å². The minimum absolute atomic E-state index is 0.128. The van der Waals surface area contributed by atoms with Crippen LogP contribution in [0.3, 0.4) is 0 Å². The first-order valence-corrected chi connectivity index (χ1v) is 10.8. The average molecular weight is 430 g/mol. The lowest BCUT2D eigenvalue weighted by atomic mass is 10.1. The van der Waals surface area contributed by atoms with Gasteiger partial charge in [0.1, 0.15) is 18.4 Å². The zero-order valence-electron chi connectivity index (χ0n) is 17.9. The van der Waals surface area contributed by atoms with Crippen LogP contribution in [0.4, 0.5) is 0 Å². The van der Waals surface area contributed by atoms with Gasteiger partial charge in [-0.15, -0.1) is 0 Å². The SMILES string of the molecule is Cc1[nH]ncc1COc1ccc(C(=O)NCC(C(=O)NO)N2CCCCCCC2)cc1. The molecule has 0 radical (unpaired) electrons. The van der Waals surface area contributed by atoms with Crippen molar-refractivity contribution in [1.29, 1.82) is 0 Å². The van der Waals surface area contributed by atoms with E-state index in [1.807, 2.05) is 11.8 Å². The van der Waals surface area contributed by atoms with Crippen molar-refractivity contribution in [2.75, 3.05) is 19.6 Å². The highest BCUT2D eigenvalue weighted by atomic mass is 16.5. The van der Waals surface area contributed by atoms with Crippen molar-refractivity contribution in [1.82, 2.24) is 25.9 Å². The van der Waals surface area contributed by atoms with Gasteiger partial charge in [0.05, 0.1) is 6.20 Å². The molecule has 31 heavy (non-hydrogen) atoms. The van der Waals surface area contributed by atoms with Crippen LogP contribution in [0.15, 0.2) is 30.5 Å². The molecule has 1 fully saturated rings. The van der Waals surface area contributed by atoms with Crippen molar-refractivity contribution in [3.8, 4) is 5.75 Å². The van der Waals surface area contributed by atoms with Crippen molar-refractivity contribution in [3.05, 3.63) is 47.3 Å². The van der Waals surface area contributed by atoms with E-state index in [1.54, 1.807) is 35.9 Å². The summed E-state index contributed by atoms with van der Waals surface area (Å²) in [6, 6.07) is 6.24. The third kappa shape index (κ3) is 6.53. The van der Waals surface area contributed by atoms with Crippen LogP contribution in [0.2, 0.25) is 0 Å². The molecule has 1 aliphatic heterocycles. The molecule has 3 rings (SSSR count). The van der Waals surface area contributed by atoms with Gasteiger partial charge in [0.2, 0.25) is 0 Å². The number of carbonyl (C=O) groups excluding carboxylic acids is 2. The third-order valence-corrected chi connectivity index (χ3v) is 5.65. The summed E-state index contributed by atoms with van der Waals surface area (Å²) in [5.74, 6) is -0.130. The van der Waals surface area contributed by atoms with Gasteiger partial charge in [-0.1, -0.05) is 19.3 Å². The molecule has 0 spiro atoms. The number of aromatic nitrogens is 2. The second-order valence-corrected chi connectivity index (χ2v) is 7.84. The number of nitrogens with one attached hydrogen (secondary N) is 3. The molecular formula is C22H31N5O4. The van der Waals surface area contributed by atoms with E-state index < -0.39 is 11.9 Å². The molecule has 1 atom stereocenters. The zero-order valence-corrected chi connectivity index (χ0v) is 17.9. The van der Waals surface area contributed by atoms with E-state index in [0.717, 1.165) is 50.0 Å². The first-order valence-electron chi connectivity index (χ1n) is 10.8. The molecule has 4 N–H and O–H groups in total. The summed E-state index contributed by atoms with van der Waals surface area (Å²) >= 11 is 0. The number of H-pyrrole nitrogens is 1. The summed E-state index contributed by atoms with van der Waals surface area (Å²) in [4.78, 5) is 26.8. The van der Waals surface area contributed by atoms with Crippen LogP contribution < -0.4 is 15.5 Å². The molecule has 2 heterocycles. The maximum Gasteiger partial charge on any atom is 0.262 e. The Balaban J connectivity index is 1.54. The summed E-state index contributed by atoms with van der Waals surface area (Å²) in [5.41, 5.74) is 4.15. The number of nitrogens with zero attached hydrogens (tertiary/aromatic N) is 2. The highest BCUT2D eigenvalue weighted by Crippen LogP contribution is 2.16. The van der Waals surface area contributed by atoms with Crippen molar-refractivity contribution in [3.63, 3.8) is 0 Å². The van der Waals surface area contributed by atoms with Crippen LogP contribution in [0.1, 0.15) is 53.7 Å². The third-order valence-electron chi connectivity index (χ3n) is 5.65. The molecule has 9 nitrogen and oxygen atoms in total. The lowest BCUT2D eigenvalue weighted by Gasteiger charge is -2.31. The highest BCUT2D eigenvalue weighted by Gasteiger charge is 2.26. The molecule has 1 aromatic carbocycles. The topological polar surface area (TPSA) is 120 Å². The summed E-state index contributed by atoms with van der Waals surface area (Å²) in [6.07, 6.45) is 7.20. The standard InChI is InChI=1S/C22H31N5O4/c1-16-18(13-24-25-16)15-31-19-9-7-17(8-10-19)21(28)23-14-20(22(29)26-30)27-11-5-3-2-4-6-12-27/h7-10,13,20,30H,2-6,11-12,14-15H2,1H3,(H,23,28)(H,24,25)(H,26,29). The predicted molar refractivity (Wildman–Crippen MR) is 115 cm³/mol. The summed E-state index contributed by atoms with van der Waals surface area (Å²) in [6.45, 7) is 3.99. The summed E-state index contributed by atoms with van der Waals surface area (Å²) in [7, 11) is 0. The molecule has 0 aliphatic carbocycles. The second-order valence-electron chi connectivity index (χ2n) is 7.84. The zero-order chi connectivity index (χ0) is 22.1. The van der Waals surface area contributed by atoms with E-state index in [2.05, 4.69) is 15.5 Å². The lowest BCUT2D eigenvalue weighted by molar-refractivity contribution is -0.134. The molecule has 0 saturated carbocycles. The van der Waals surface area contributed by atoms with Crippen molar-refractivity contribution < 1.29 is 19.5 Å². The van der Waals surface area contributed by atoms with Gasteiger partial charge in [-0.05, 0) is 57.1 Å². The van der Waals surface area contributed by atoms with Gasteiger partial charge in [-0.3, -0.25) is 24.8 Å². The molecule has 168 valence electrons. The number of likely N-dealkylation sites (tertiary alicyclic amines) is 1. The van der Waals surface area contributed by atoms with Crippen LogP contribution in [0.25, 0.3) is 0 Å². The van der Waals surface area contributed by atoms with Crippen LogP contribution >= 0.6 is 0 Å².